The molecule has 3 aromatic carbocycles. The quantitative estimate of drug-likeness (QED) is 0.174. The van der Waals surface area contributed by atoms with Crippen molar-refractivity contribution in [2.24, 2.45) is 0 Å². The van der Waals surface area contributed by atoms with Gasteiger partial charge in [-0.2, -0.15) is 13.2 Å². The molecule has 2 heterocycles. The van der Waals surface area contributed by atoms with Gasteiger partial charge in [-0.05, 0) is 72.5 Å². The average molecular weight is 636 g/mol. The van der Waals surface area contributed by atoms with Gasteiger partial charge in [0.1, 0.15) is 12.4 Å². The Labute approximate surface area is 265 Å². The summed E-state index contributed by atoms with van der Waals surface area (Å²) in [5.41, 5.74) is 3.95. The van der Waals surface area contributed by atoms with Crippen LogP contribution in [0, 0.1) is 13.8 Å². The van der Waals surface area contributed by atoms with Gasteiger partial charge in [0.2, 0.25) is 11.8 Å². The van der Waals surface area contributed by atoms with Crippen molar-refractivity contribution in [2.75, 3.05) is 26.2 Å². The predicted molar refractivity (Wildman–Crippen MR) is 168 cm³/mol. The van der Waals surface area contributed by atoms with Gasteiger partial charge in [0.15, 0.2) is 5.75 Å². The van der Waals surface area contributed by atoms with Gasteiger partial charge in [-0.1, -0.05) is 53.6 Å². The predicted octanol–water partition coefficient (Wildman–Crippen LogP) is 8.10. The highest BCUT2D eigenvalue weighted by Gasteiger charge is 2.30. The van der Waals surface area contributed by atoms with Gasteiger partial charge < -0.3 is 14.4 Å². The Morgan fingerprint density at radius 2 is 1.62 bits per heavy atom. The van der Waals surface area contributed by atoms with E-state index < -0.39 is 11.7 Å². The molecule has 1 aliphatic rings. The molecule has 0 bridgehead atoms. The zero-order chi connectivity index (χ0) is 32.0. The second-order valence-electron chi connectivity index (χ2n) is 11.0. The van der Waals surface area contributed by atoms with Gasteiger partial charge in [0.25, 0.3) is 0 Å². The first-order chi connectivity index (χ1) is 21.5. The molecular formula is C35H33ClF3N3O3. The van der Waals surface area contributed by atoms with Crippen molar-refractivity contribution in [2.45, 2.75) is 33.2 Å². The molecule has 0 atom stereocenters. The number of ether oxygens (including phenoxy) is 2. The first-order valence-corrected chi connectivity index (χ1v) is 14.9. The van der Waals surface area contributed by atoms with Gasteiger partial charge in [0, 0.05) is 44.9 Å². The Balaban J connectivity index is 1.11. The van der Waals surface area contributed by atoms with E-state index in [1.807, 2.05) is 17.9 Å². The summed E-state index contributed by atoms with van der Waals surface area (Å²) in [6.45, 7) is 7.90. The molecule has 5 rings (SSSR count). The van der Waals surface area contributed by atoms with E-state index in [1.165, 1.54) is 29.5 Å². The molecule has 1 fully saturated rings. The standard InChI is InChI=1S/C35H33ClF3N3O3/c1-24-3-5-26(6-4-24)22-41-15-17-42(18-16-41)33(43)14-9-28-19-25(2)34(31(36)20-28)45-32-13-12-30(21-40-32)44-23-27-7-10-29(11-8-27)35(37,38)39/h3-14,19-21H,15-18,22-23H2,1-2H3. The van der Waals surface area contributed by atoms with Gasteiger partial charge >= 0.3 is 6.18 Å². The second-order valence-corrected chi connectivity index (χ2v) is 11.4. The summed E-state index contributed by atoms with van der Waals surface area (Å²) in [5.74, 6) is 1.13. The lowest BCUT2D eigenvalue weighted by Crippen LogP contribution is -2.47. The van der Waals surface area contributed by atoms with Crippen molar-refractivity contribution in [3.8, 4) is 17.4 Å². The Morgan fingerprint density at radius 3 is 2.24 bits per heavy atom. The molecule has 0 radical (unpaired) electrons. The molecule has 1 aromatic heterocycles. The lowest BCUT2D eigenvalue weighted by molar-refractivity contribution is -0.137. The number of aryl methyl sites for hydroxylation is 2. The number of amides is 1. The van der Waals surface area contributed by atoms with Crippen LogP contribution in [0.25, 0.3) is 6.08 Å². The molecular weight excluding hydrogens is 603 g/mol. The number of nitrogens with zero attached hydrogens (tertiary/aromatic N) is 3. The topological polar surface area (TPSA) is 54.9 Å². The summed E-state index contributed by atoms with van der Waals surface area (Å²) in [4.78, 5) is 21.3. The minimum Gasteiger partial charge on any atom is -0.487 e. The van der Waals surface area contributed by atoms with Crippen molar-refractivity contribution in [1.82, 2.24) is 14.8 Å². The molecule has 4 aromatic rings. The fourth-order valence-corrected chi connectivity index (χ4v) is 5.22. The smallest absolute Gasteiger partial charge is 0.416 e. The fourth-order valence-electron chi connectivity index (χ4n) is 4.91. The molecule has 0 spiro atoms. The normalized spacial score (nSPS) is 14.1. The highest BCUT2D eigenvalue weighted by atomic mass is 35.5. The number of piperazine rings is 1. The average Bonchev–Trinajstić information content (AvgIpc) is 3.02. The van der Waals surface area contributed by atoms with Crippen LogP contribution in [0.15, 0.2) is 85.1 Å². The Morgan fingerprint density at radius 1 is 0.933 bits per heavy atom. The number of aromatic nitrogens is 1. The molecule has 0 unspecified atom stereocenters. The van der Waals surface area contributed by atoms with E-state index in [0.717, 1.165) is 42.9 Å². The summed E-state index contributed by atoms with van der Waals surface area (Å²) in [5, 5.41) is 0.372. The zero-order valence-corrected chi connectivity index (χ0v) is 25.7. The van der Waals surface area contributed by atoms with E-state index >= 15 is 0 Å². The number of rotatable bonds is 9. The van der Waals surface area contributed by atoms with Crippen LogP contribution in [0.1, 0.15) is 33.4 Å². The lowest BCUT2D eigenvalue weighted by Gasteiger charge is -2.34. The Kier molecular flexibility index (Phi) is 10.1. The summed E-state index contributed by atoms with van der Waals surface area (Å²) in [7, 11) is 0. The number of benzene rings is 3. The van der Waals surface area contributed by atoms with Crippen LogP contribution in [0.5, 0.6) is 17.4 Å². The third-order valence-electron chi connectivity index (χ3n) is 7.48. The lowest BCUT2D eigenvalue weighted by atomic mass is 10.1. The number of hydrogen-bond donors (Lipinski definition) is 0. The summed E-state index contributed by atoms with van der Waals surface area (Å²) >= 11 is 6.55. The summed E-state index contributed by atoms with van der Waals surface area (Å²) in [6, 6.07) is 20.2. The molecule has 45 heavy (non-hydrogen) atoms. The third kappa shape index (κ3) is 8.86. The van der Waals surface area contributed by atoms with E-state index in [0.29, 0.717) is 41.1 Å². The van der Waals surface area contributed by atoms with E-state index in [4.69, 9.17) is 21.1 Å². The minimum atomic E-state index is -4.38. The van der Waals surface area contributed by atoms with Crippen LogP contribution >= 0.6 is 11.6 Å². The van der Waals surface area contributed by atoms with E-state index in [2.05, 4.69) is 41.1 Å². The van der Waals surface area contributed by atoms with Crippen LogP contribution < -0.4 is 9.47 Å². The number of carbonyl (C=O) groups excluding carboxylic acids is 1. The minimum absolute atomic E-state index is 0.0380. The van der Waals surface area contributed by atoms with Gasteiger partial charge in [-0.3, -0.25) is 9.69 Å². The largest absolute Gasteiger partial charge is 0.487 e. The number of alkyl halides is 3. The molecule has 1 saturated heterocycles. The van der Waals surface area contributed by atoms with E-state index in [1.54, 1.807) is 30.4 Å². The number of halogens is 4. The van der Waals surface area contributed by atoms with Crippen LogP contribution in [0.4, 0.5) is 13.2 Å². The van der Waals surface area contributed by atoms with Crippen LogP contribution in [-0.4, -0.2) is 46.9 Å². The Hall–Kier alpha value is -4.34. The molecule has 1 aliphatic heterocycles. The van der Waals surface area contributed by atoms with Crippen molar-refractivity contribution in [3.63, 3.8) is 0 Å². The molecule has 0 aliphatic carbocycles. The Bertz CT molecular complexity index is 1610. The van der Waals surface area contributed by atoms with Crippen molar-refractivity contribution < 1.29 is 27.4 Å². The maximum Gasteiger partial charge on any atom is 0.416 e. The first-order valence-electron chi connectivity index (χ1n) is 14.5. The van der Waals surface area contributed by atoms with Gasteiger partial charge in [-0.25, -0.2) is 4.98 Å². The fraction of sp³-hybridized carbons (Fsp3) is 0.257. The molecule has 0 N–H and O–H groups in total. The van der Waals surface area contributed by atoms with Crippen LogP contribution in [0.3, 0.4) is 0 Å². The van der Waals surface area contributed by atoms with Crippen molar-refractivity contribution >= 4 is 23.6 Å². The van der Waals surface area contributed by atoms with Crippen molar-refractivity contribution in [3.05, 3.63) is 123 Å². The molecule has 234 valence electrons. The van der Waals surface area contributed by atoms with Crippen LogP contribution in [0.2, 0.25) is 5.02 Å². The van der Waals surface area contributed by atoms with E-state index in [9.17, 15) is 18.0 Å². The highest BCUT2D eigenvalue weighted by molar-refractivity contribution is 6.32. The number of carbonyl (C=O) groups is 1. The van der Waals surface area contributed by atoms with Gasteiger partial charge in [0.05, 0.1) is 16.8 Å². The first kappa shape index (κ1) is 32.1. The number of hydrogen-bond acceptors (Lipinski definition) is 5. The maximum absolute atomic E-state index is 12.9. The van der Waals surface area contributed by atoms with Crippen LogP contribution in [-0.2, 0) is 24.1 Å². The van der Waals surface area contributed by atoms with Gasteiger partial charge in [-0.15, -0.1) is 0 Å². The number of pyridine rings is 1. The summed E-state index contributed by atoms with van der Waals surface area (Å²) < 4.78 is 49.8. The zero-order valence-electron chi connectivity index (χ0n) is 25.0. The summed E-state index contributed by atoms with van der Waals surface area (Å²) in [6.07, 6.45) is 0.417. The highest BCUT2D eigenvalue weighted by Crippen LogP contribution is 2.34. The maximum atomic E-state index is 12.9. The third-order valence-corrected chi connectivity index (χ3v) is 7.76. The molecule has 6 nitrogen and oxygen atoms in total. The molecule has 0 saturated carbocycles. The van der Waals surface area contributed by atoms with Crippen molar-refractivity contribution in [1.29, 1.82) is 0 Å². The monoisotopic (exact) mass is 635 g/mol. The second kappa shape index (κ2) is 14.2. The van der Waals surface area contributed by atoms with E-state index in [-0.39, 0.29) is 12.5 Å². The molecule has 10 heteroatoms. The SMILES string of the molecule is Cc1ccc(CN2CCN(C(=O)C=Cc3cc(C)c(Oc4ccc(OCc5ccc(C(F)(F)F)cc5)cn4)c(Cl)c3)CC2)cc1. The molecule has 1 amide bonds.